The molecule has 6 heteroatoms. The van der Waals surface area contributed by atoms with Crippen LogP contribution in [0.2, 0.25) is 0 Å². The molecule has 0 aliphatic heterocycles. The van der Waals surface area contributed by atoms with Gasteiger partial charge in [0.05, 0.1) is 0 Å². The van der Waals surface area contributed by atoms with E-state index in [-0.39, 0.29) is 5.91 Å². The number of aryl methyl sites for hydroxylation is 1. The third-order valence-corrected chi connectivity index (χ3v) is 4.17. The molecule has 0 bridgehead atoms. The van der Waals surface area contributed by atoms with Gasteiger partial charge >= 0.3 is 0 Å². The van der Waals surface area contributed by atoms with Gasteiger partial charge in [0, 0.05) is 37.4 Å². The summed E-state index contributed by atoms with van der Waals surface area (Å²) in [6.45, 7) is 0.601. The highest BCUT2D eigenvalue weighted by atomic mass is 32.1. The maximum Gasteiger partial charge on any atom is 0.227 e. The number of amides is 1. The topological polar surface area (TPSA) is 59.2 Å². The molecule has 5 nitrogen and oxygen atoms in total. The van der Waals surface area contributed by atoms with Gasteiger partial charge < -0.3 is 9.42 Å². The fourth-order valence-corrected chi connectivity index (χ4v) is 2.85. The summed E-state index contributed by atoms with van der Waals surface area (Å²) in [6.07, 6.45) is 0.809. The maximum absolute atomic E-state index is 12.2. The van der Waals surface area contributed by atoms with E-state index >= 15 is 0 Å². The minimum atomic E-state index is 0.0594. The molecule has 2 aromatic heterocycles. The lowest BCUT2D eigenvalue weighted by Crippen LogP contribution is -2.26. The Morgan fingerprint density at radius 1 is 1.26 bits per heavy atom. The number of carbonyl (C=O) groups excluding carboxylic acids is 1. The molecule has 1 amide bonds. The van der Waals surface area contributed by atoms with E-state index < -0.39 is 0 Å². The highest BCUT2D eigenvalue weighted by Gasteiger charge is 2.13. The summed E-state index contributed by atoms with van der Waals surface area (Å²) < 4.78 is 5.21. The molecule has 3 aromatic rings. The predicted molar refractivity (Wildman–Crippen MR) is 88.8 cm³/mol. The monoisotopic (exact) mass is 327 g/mol. The minimum Gasteiger partial charge on any atom is -0.341 e. The fourth-order valence-electron chi connectivity index (χ4n) is 2.22. The molecular formula is C17H17N3O2S. The molecule has 0 saturated heterocycles. The molecule has 23 heavy (non-hydrogen) atoms. The lowest BCUT2D eigenvalue weighted by molar-refractivity contribution is -0.130. The summed E-state index contributed by atoms with van der Waals surface area (Å²) in [4.78, 5) is 18.2. The number of carbonyl (C=O) groups is 1. The number of thiophene rings is 1. The maximum atomic E-state index is 12.2. The Morgan fingerprint density at radius 2 is 2.09 bits per heavy atom. The zero-order valence-electron chi connectivity index (χ0n) is 12.8. The summed E-state index contributed by atoms with van der Waals surface area (Å²) in [5.41, 5.74) is 2.05. The number of rotatable bonds is 6. The summed E-state index contributed by atoms with van der Waals surface area (Å²) in [6, 6.07) is 11.9. The molecule has 0 aliphatic carbocycles. The largest absolute Gasteiger partial charge is 0.341 e. The van der Waals surface area contributed by atoms with Crippen LogP contribution in [0.1, 0.15) is 17.9 Å². The molecule has 0 fully saturated rings. The normalized spacial score (nSPS) is 10.7. The van der Waals surface area contributed by atoms with Crippen molar-refractivity contribution < 1.29 is 9.32 Å². The van der Waals surface area contributed by atoms with Gasteiger partial charge in [0.1, 0.15) is 0 Å². The van der Waals surface area contributed by atoms with Gasteiger partial charge in [-0.1, -0.05) is 35.5 Å². The molecule has 0 spiro atoms. The summed E-state index contributed by atoms with van der Waals surface area (Å²) >= 11 is 1.58. The Balaban J connectivity index is 1.52. The van der Waals surface area contributed by atoms with Crippen molar-refractivity contribution in [1.82, 2.24) is 15.0 Å². The van der Waals surface area contributed by atoms with Crippen molar-refractivity contribution in [2.24, 2.45) is 0 Å². The lowest BCUT2D eigenvalue weighted by atomic mass is 10.2. The van der Waals surface area contributed by atoms with E-state index in [4.69, 9.17) is 4.52 Å². The molecule has 0 N–H and O–H groups in total. The summed E-state index contributed by atoms with van der Waals surface area (Å²) in [7, 11) is 1.81. The third-order valence-electron chi connectivity index (χ3n) is 3.49. The number of hydrogen-bond donors (Lipinski definition) is 0. The van der Waals surface area contributed by atoms with E-state index in [0.717, 1.165) is 11.1 Å². The van der Waals surface area contributed by atoms with Crippen LogP contribution in [0.25, 0.3) is 11.4 Å². The zero-order valence-corrected chi connectivity index (χ0v) is 13.6. The van der Waals surface area contributed by atoms with Gasteiger partial charge in [0.2, 0.25) is 17.6 Å². The van der Waals surface area contributed by atoms with Crippen LogP contribution in [0.5, 0.6) is 0 Å². The van der Waals surface area contributed by atoms with Gasteiger partial charge in [-0.15, -0.1) is 0 Å². The summed E-state index contributed by atoms with van der Waals surface area (Å²) in [5, 5.41) is 7.88. The van der Waals surface area contributed by atoms with Crippen LogP contribution in [-0.2, 0) is 17.8 Å². The molecular weight excluding hydrogens is 310 g/mol. The van der Waals surface area contributed by atoms with Gasteiger partial charge in [-0.3, -0.25) is 4.79 Å². The Hall–Kier alpha value is -2.47. The minimum absolute atomic E-state index is 0.0594. The van der Waals surface area contributed by atoms with Gasteiger partial charge in [-0.25, -0.2) is 0 Å². The van der Waals surface area contributed by atoms with Crippen molar-refractivity contribution in [1.29, 1.82) is 0 Å². The molecule has 1 aromatic carbocycles. The van der Waals surface area contributed by atoms with E-state index in [0.29, 0.717) is 31.1 Å². The molecule has 2 heterocycles. The number of benzene rings is 1. The molecule has 0 aliphatic rings. The molecule has 0 radical (unpaired) electrons. The van der Waals surface area contributed by atoms with E-state index in [1.54, 1.807) is 23.3 Å². The Kier molecular flexibility index (Phi) is 4.83. The number of nitrogens with zero attached hydrogens (tertiary/aromatic N) is 3. The quantitative estimate of drug-likeness (QED) is 0.696. The molecule has 0 atom stereocenters. The van der Waals surface area contributed by atoms with Crippen LogP contribution in [-0.4, -0.2) is 28.0 Å². The first-order chi connectivity index (χ1) is 11.2. The number of aromatic nitrogens is 2. The first-order valence-corrected chi connectivity index (χ1v) is 8.29. The average molecular weight is 327 g/mol. The van der Waals surface area contributed by atoms with E-state index in [2.05, 4.69) is 10.1 Å². The fraction of sp³-hybridized carbons (Fsp3) is 0.235. The van der Waals surface area contributed by atoms with Crippen LogP contribution in [0.15, 0.2) is 51.7 Å². The second-order valence-corrected chi connectivity index (χ2v) is 6.04. The molecule has 0 unspecified atom stereocenters. The first kappa shape index (κ1) is 15.4. The second-order valence-electron chi connectivity index (χ2n) is 5.26. The van der Waals surface area contributed by atoms with Gasteiger partial charge in [0.25, 0.3) is 0 Å². The number of hydrogen-bond acceptors (Lipinski definition) is 5. The Morgan fingerprint density at radius 3 is 2.83 bits per heavy atom. The third kappa shape index (κ3) is 4.04. The van der Waals surface area contributed by atoms with Crippen molar-refractivity contribution in [2.45, 2.75) is 19.4 Å². The highest BCUT2D eigenvalue weighted by molar-refractivity contribution is 7.08. The van der Waals surface area contributed by atoms with E-state index in [1.165, 1.54) is 0 Å². The van der Waals surface area contributed by atoms with Gasteiger partial charge in [-0.2, -0.15) is 16.3 Å². The van der Waals surface area contributed by atoms with Gasteiger partial charge in [-0.05, 0) is 17.0 Å². The van der Waals surface area contributed by atoms with Crippen molar-refractivity contribution in [2.75, 3.05) is 7.05 Å². The van der Waals surface area contributed by atoms with Crippen LogP contribution < -0.4 is 0 Å². The smallest absolute Gasteiger partial charge is 0.227 e. The van der Waals surface area contributed by atoms with Crippen molar-refractivity contribution in [3.05, 3.63) is 58.6 Å². The van der Waals surface area contributed by atoms with Crippen molar-refractivity contribution in [3.63, 3.8) is 0 Å². The van der Waals surface area contributed by atoms with Gasteiger partial charge in [0.15, 0.2) is 0 Å². The van der Waals surface area contributed by atoms with Crippen molar-refractivity contribution >= 4 is 17.2 Å². The Bertz CT molecular complexity index is 753. The van der Waals surface area contributed by atoms with Crippen LogP contribution in [0.4, 0.5) is 0 Å². The predicted octanol–water partition coefficient (Wildman–Crippen LogP) is 3.39. The zero-order chi connectivity index (χ0) is 16.1. The van der Waals surface area contributed by atoms with E-state index in [9.17, 15) is 4.79 Å². The average Bonchev–Trinajstić information content (AvgIpc) is 3.24. The summed E-state index contributed by atoms with van der Waals surface area (Å²) in [5.74, 6) is 1.13. The standard InChI is InChI=1S/C17H17N3O2S/c1-20(11-13-5-3-2-4-6-13)16(21)8-7-15-18-17(19-22-15)14-9-10-23-12-14/h2-6,9-10,12H,7-8,11H2,1H3. The first-order valence-electron chi connectivity index (χ1n) is 7.35. The highest BCUT2D eigenvalue weighted by Crippen LogP contribution is 2.19. The molecule has 3 rings (SSSR count). The molecule has 0 saturated carbocycles. The van der Waals surface area contributed by atoms with Crippen molar-refractivity contribution in [3.8, 4) is 11.4 Å². The van der Waals surface area contributed by atoms with E-state index in [1.807, 2.05) is 47.2 Å². The van der Waals surface area contributed by atoms with Crippen LogP contribution >= 0.6 is 11.3 Å². The Labute approximate surface area is 138 Å². The lowest BCUT2D eigenvalue weighted by Gasteiger charge is -2.16. The van der Waals surface area contributed by atoms with Crippen LogP contribution in [0, 0.1) is 0 Å². The second kappa shape index (κ2) is 7.19. The molecule has 118 valence electrons. The van der Waals surface area contributed by atoms with Crippen LogP contribution in [0.3, 0.4) is 0 Å². The SMILES string of the molecule is CN(Cc1ccccc1)C(=O)CCc1nc(-c2ccsc2)no1.